The molecule has 0 saturated heterocycles. The number of aromatic nitrogens is 3. The van der Waals surface area contributed by atoms with E-state index in [1.165, 1.54) is 83.5 Å². The van der Waals surface area contributed by atoms with Gasteiger partial charge in [-0.3, -0.25) is 9.89 Å². The molecule has 6 nitrogen and oxygen atoms in total. The van der Waals surface area contributed by atoms with Crippen molar-refractivity contribution < 1.29 is 9.90 Å². The fourth-order valence-electron chi connectivity index (χ4n) is 4.77. The fraction of sp³-hybridized carbons (Fsp3) is 0.656. The summed E-state index contributed by atoms with van der Waals surface area (Å²) in [5, 5.41) is 21.3. The lowest BCUT2D eigenvalue weighted by Gasteiger charge is -2.20. The van der Waals surface area contributed by atoms with Gasteiger partial charge in [-0.2, -0.15) is 5.10 Å². The van der Waals surface area contributed by atoms with Crippen molar-refractivity contribution in [1.82, 2.24) is 20.5 Å². The Balaban J connectivity index is 1.53. The molecule has 0 radical (unpaired) electrons. The molecule has 0 bridgehead atoms. The predicted molar refractivity (Wildman–Crippen MR) is 164 cm³/mol. The molecule has 3 N–H and O–H groups in total. The average molecular weight is 559 g/mol. The van der Waals surface area contributed by atoms with Crippen LogP contribution in [0.5, 0.6) is 0 Å². The molecule has 0 unspecified atom stereocenters. The summed E-state index contributed by atoms with van der Waals surface area (Å²) in [6, 6.07) is 6.97. The van der Waals surface area contributed by atoms with Crippen molar-refractivity contribution >= 4 is 23.6 Å². The number of H-pyrrole nitrogens is 1. The van der Waals surface area contributed by atoms with Crippen molar-refractivity contribution in [1.29, 1.82) is 0 Å². The molecule has 1 amide bonds. The van der Waals surface area contributed by atoms with Crippen molar-refractivity contribution in [3.05, 3.63) is 41.2 Å². The minimum Gasteiger partial charge on any atom is -0.387 e. The number of nitrogens with one attached hydrogen (secondary N) is 2. The number of unbranched alkanes of at least 4 members (excludes halogenated alkanes) is 14. The van der Waals surface area contributed by atoms with E-state index in [0.29, 0.717) is 29.5 Å². The number of nitrogens with zero attached hydrogens (tertiary/aromatic N) is 2. The van der Waals surface area contributed by atoms with Crippen LogP contribution in [0.3, 0.4) is 0 Å². The zero-order valence-electron chi connectivity index (χ0n) is 24.3. The number of hydrogen-bond donors (Lipinski definition) is 3. The summed E-state index contributed by atoms with van der Waals surface area (Å²) >= 11 is 5.94. The number of benzene rings is 1. The van der Waals surface area contributed by atoms with Gasteiger partial charge in [0, 0.05) is 17.0 Å². The van der Waals surface area contributed by atoms with Crippen LogP contribution in [0.25, 0.3) is 17.5 Å². The minimum atomic E-state index is -0.802. The summed E-state index contributed by atoms with van der Waals surface area (Å²) in [7, 11) is 0. The Kier molecular flexibility index (Phi) is 17.5. The summed E-state index contributed by atoms with van der Waals surface area (Å²) in [6.07, 6.45) is 23.3. The number of hydrogen-bond acceptors (Lipinski definition) is 4. The second-order valence-electron chi connectivity index (χ2n) is 10.7. The Morgan fingerprint density at radius 3 is 1.97 bits per heavy atom. The molecule has 0 aliphatic carbocycles. The van der Waals surface area contributed by atoms with Gasteiger partial charge in [-0.05, 0) is 43.2 Å². The van der Waals surface area contributed by atoms with Crippen LogP contribution in [0.2, 0.25) is 5.02 Å². The molecule has 1 aromatic carbocycles. The maximum Gasteiger partial charge on any atom is 0.220 e. The van der Waals surface area contributed by atoms with Crippen molar-refractivity contribution in [2.45, 2.75) is 135 Å². The van der Waals surface area contributed by atoms with Gasteiger partial charge in [-0.25, -0.2) is 4.98 Å². The predicted octanol–water partition coefficient (Wildman–Crippen LogP) is 8.66. The molecule has 39 heavy (non-hydrogen) atoms. The lowest BCUT2D eigenvalue weighted by Crippen LogP contribution is -2.42. The SMILES string of the molecule is CCCCCCCCCCCCCCCCCC(=O)N[C@@H](CC)[C@H](O)C=Cc1nc(-c2ccc(Cl)cc2)n[nH]1. The normalized spacial score (nSPS) is 13.1. The molecule has 218 valence electrons. The first-order valence-electron chi connectivity index (χ1n) is 15.4. The van der Waals surface area contributed by atoms with Crippen molar-refractivity contribution in [3.63, 3.8) is 0 Å². The van der Waals surface area contributed by atoms with E-state index in [0.717, 1.165) is 18.4 Å². The molecule has 0 spiro atoms. The standard InChI is InChI=1S/C32H51ClN4O2/c1-3-5-6-7-8-9-10-11-12-13-14-15-16-17-18-19-31(39)34-28(4-2)29(38)24-25-30-35-32(37-36-30)26-20-22-27(33)23-21-26/h20-25,28-29,38H,3-19H2,1-2H3,(H,34,39)(H,35,36,37)/t28-,29+/m0/s1. The smallest absolute Gasteiger partial charge is 0.220 e. The van der Waals surface area contributed by atoms with Gasteiger partial charge in [-0.15, -0.1) is 0 Å². The Morgan fingerprint density at radius 1 is 0.897 bits per heavy atom. The molecule has 2 aromatic rings. The van der Waals surface area contributed by atoms with Crippen LogP contribution < -0.4 is 5.32 Å². The number of aliphatic hydroxyl groups is 1. The molecule has 1 aromatic heterocycles. The first kappa shape index (κ1) is 33.0. The highest BCUT2D eigenvalue weighted by Gasteiger charge is 2.17. The van der Waals surface area contributed by atoms with Crippen LogP contribution in [0.1, 0.15) is 129 Å². The van der Waals surface area contributed by atoms with Crippen LogP contribution in [0.4, 0.5) is 0 Å². The van der Waals surface area contributed by atoms with E-state index in [1.54, 1.807) is 24.3 Å². The van der Waals surface area contributed by atoms with Gasteiger partial charge in [0.1, 0.15) is 5.82 Å². The number of rotatable bonds is 22. The van der Waals surface area contributed by atoms with Crippen LogP contribution in [-0.4, -0.2) is 38.3 Å². The average Bonchev–Trinajstić information content (AvgIpc) is 3.42. The van der Waals surface area contributed by atoms with E-state index in [1.807, 2.05) is 19.1 Å². The molecule has 0 fully saturated rings. The molecule has 7 heteroatoms. The second-order valence-corrected chi connectivity index (χ2v) is 11.1. The third-order valence-corrected chi connectivity index (χ3v) is 7.51. The highest BCUT2D eigenvalue weighted by atomic mass is 35.5. The van der Waals surface area contributed by atoms with Crippen LogP contribution in [0, 0.1) is 0 Å². The maximum absolute atomic E-state index is 12.4. The van der Waals surface area contributed by atoms with Gasteiger partial charge in [0.25, 0.3) is 0 Å². The molecular weight excluding hydrogens is 508 g/mol. The maximum atomic E-state index is 12.4. The monoisotopic (exact) mass is 558 g/mol. The molecular formula is C32H51ClN4O2. The quantitative estimate of drug-likeness (QED) is 0.126. The fourth-order valence-corrected chi connectivity index (χ4v) is 4.89. The number of carbonyl (C=O) groups is 1. The van der Waals surface area contributed by atoms with E-state index in [-0.39, 0.29) is 11.9 Å². The third-order valence-electron chi connectivity index (χ3n) is 7.26. The lowest BCUT2D eigenvalue weighted by molar-refractivity contribution is -0.122. The molecule has 1 heterocycles. The topological polar surface area (TPSA) is 90.9 Å². The van der Waals surface area contributed by atoms with Crippen molar-refractivity contribution in [3.8, 4) is 11.4 Å². The zero-order chi connectivity index (χ0) is 28.1. The van der Waals surface area contributed by atoms with E-state index in [4.69, 9.17) is 11.6 Å². The molecule has 0 aliphatic rings. The molecule has 2 rings (SSSR count). The third kappa shape index (κ3) is 14.7. The summed E-state index contributed by atoms with van der Waals surface area (Å²) in [5.74, 6) is 1.11. The van der Waals surface area contributed by atoms with Gasteiger partial charge in [0.15, 0.2) is 5.82 Å². The van der Waals surface area contributed by atoms with Crippen molar-refractivity contribution in [2.75, 3.05) is 0 Å². The van der Waals surface area contributed by atoms with E-state index in [2.05, 4.69) is 27.4 Å². The minimum absolute atomic E-state index is 0.00804. The van der Waals surface area contributed by atoms with E-state index < -0.39 is 6.10 Å². The van der Waals surface area contributed by atoms with Crippen molar-refractivity contribution in [2.24, 2.45) is 0 Å². The first-order valence-corrected chi connectivity index (χ1v) is 15.7. The number of aromatic amines is 1. The molecule has 0 saturated carbocycles. The van der Waals surface area contributed by atoms with Crippen LogP contribution >= 0.6 is 11.6 Å². The summed E-state index contributed by atoms with van der Waals surface area (Å²) in [6.45, 7) is 4.23. The Hall–Kier alpha value is -2.18. The number of carbonyl (C=O) groups excluding carboxylic acids is 1. The Labute approximate surface area is 241 Å². The van der Waals surface area contributed by atoms with Gasteiger partial charge >= 0.3 is 0 Å². The highest BCUT2D eigenvalue weighted by Crippen LogP contribution is 2.18. The van der Waals surface area contributed by atoms with Gasteiger partial charge in [-0.1, -0.05) is 121 Å². The van der Waals surface area contributed by atoms with E-state index >= 15 is 0 Å². The summed E-state index contributed by atoms with van der Waals surface area (Å²) in [5.41, 5.74) is 0.855. The van der Waals surface area contributed by atoms with E-state index in [9.17, 15) is 9.90 Å². The Morgan fingerprint density at radius 2 is 1.44 bits per heavy atom. The van der Waals surface area contributed by atoms with Crippen LogP contribution in [0.15, 0.2) is 30.3 Å². The molecule has 0 aliphatic heterocycles. The van der Waals surface area contributed by atoms with Gasteiger partial charge in [0.2, 0.25) is 5.91 Å². The number of aliphatic hydroxyl groups excluding tert-OH is 1. The second kappa shape index (κ2) is 20.7. The Bertz CT molecular complexity index is 929. The summed E-state index contributed by atoms with van der Waals surface area (Å²) < 4.78 is 0. The number of amides is 1. The first-order chi connectivity index (χ1) is 19.0. The summed E-state index contributed by atoms with van der Waals surface area (Å²) in [4.78, 5) is 16.9. The number of halogens is 1. The van der Waals surface area contributed by atoms with Crippen LogP contribution in [-0.2, 0) is 4.79 Å². The largest absolute Gasteiger partial charge is 0.387 e. The highest BCUT2D eigenvalue weighted by molar-refractivity contribution is 6.30. The van der Waals surface area contributed by atoms with Gasteiger partial charge < -0.3 is 10.4 Å². The lowest BCUT2D eigenvalue weighted by atomic mass is 10.0. The molecule has 2 atom stereocenters. The zero-order valence-corrected chi connectivity index (χ0v) is 25.0. The van der Waals surface area contributed by atoms with Gasteiger partial charge in [0.05, 0.1) is 12.1 Å².